The van der Waals surface area contributed by atoms with E-state index in [0.717, 1.165) is 11.3 Å². The van der Waals surface area contributed by atoms with Crippen LogP contribution in [0.15, 0.2) is 61.2 Å². The van der Waals surface area contributed by atoms with E-state index in [0.29, 0.717) is 17.1 Å². The van der Waals surface area contributed by atoms with Crippen molar-refractivity contribution in [3.8, 4) is 11.4 Å². The number of carboxylic acid groups (broad SMARTS) is 1. The average molecular weight is 567 g/mol. The standard InChI is InChI=1S/C29H34N4O6S/c1-19(2)29(32-27(36)13-22-11-23(9-10-26(22)39-3)33-17-30-31-18-33)24(34)12-21(14-28(37)38)25(35)16-40-15-20-7-5-4-6-8-20/h4-11,17-19,21,29H,12-16H2,1-3H3,(H,32,36)(H,37,38)/t21-,29-/m0/s1. The van der Waals surface area contributed by atoms with Crippen LogP contribution in [0.1, 0.15) is 37.8 Å². The molecule has 0 radical (unpaired) electrons. The Morgan fingerprint density at radius 3 is 2.33 bits per heavy atom. The number of nitrogens with one attached hydrogen (secondary N) is 1. The molecule has 0 saturated heterocycles. The third-order valence-electron chi connectivity index (χ3n) is 6.34. The van der Waals surface area contributed by atoms with Crippen molar-refractivity contribution >= 4 is 35.2 Å². The number of aromatic nitrogens is 3. The van der Waals surface area contributed by atoms with Gasteiger partial charge in [0.05, 0.1) is 31.7 Å². The molecule has 0 aliphatic rings. The number of carbonyl (C=O) groups is 4. The van der Waals surface area contributed by atoms with Crippen LogP contribution in [0.2, 0.25) is 0 Å². The average Bonchev–Trinajstić information content (AvgIpc) is 3.46. The van der Waals surface area contributed by atoms with E-state index in [1.807, 2.05) is 36.4 Å². The minimum absolute atomic E-state index is 0.0523. The summed E-state index contributed by atoms with van der Waals surface area (Å²) in [6.07, 6.45) is 2.32. The Labute approximate surface area is 237 Å². The van der Waals surface area contributed by atoms with Crippen molar-refractivity contribution in [1.82, 2.24) is 20.1 Å². The number of rotatable bonds is 16. The van der Waals surface area contributed by atoms with Gasteiger partial charge in [0.1, 0.15) is 24.2 Å². The lowest BCUT2D eigenvalue weighted by Gasteiger charge is -2.23. The van der Waals surface area contributed by atoms with Crippen LogP contribution in [-0.4, -0.2) is 62.2 Å². The van der Waals surface area contributed by atoms with Crippen LogP contribution in [0.4, 0.5) is 0 Å². The molecule has 2 N–H and O–H groups in total. The molecule has 10 nitrogen and oxygen atoms in total. The second-order valence-corrected chi connectivity index (χ2v) is 10.7. The smallest absolute Gasteiger partial charge is 0.304 e. The summed E-state index contributed by atoms with van der Waals surface area (Å²) < 4.78 is 7.11. The molecule has 1 amide bonds. The first-order valence-corrected chi connectivity index (χ1v) is 14.0. The topological polar surface area (TPSA) is 140 Å². The maximum Gasteiger partial charge on any atom is 0.304 e. The molecule has 212 valence electrons. The van der Waals surface area contributed by atoms with Gasteiger partial charge in [-0.25, -0.2) is 0 Å². The summed E-state index contributed by atoms with van der Waals surface area (Å²) in [6.45, 7) is 3.58. The number of carboxylic acids is 1. The third kappa shape index (κ3) is 9.04. The van der Waals surface area contributed by atoms with Crippen LogP contribution in [-0.2, 0) is 31.4 Å². The van der Waals surface area contributed by atoms with Gasteiger partial charge >= 0.3 is 5.97 Å². The van der Waals surface area contributed by atoms with E-state index in [2.05, 4.69) is 15.5 Å². The largest absolute Gasteiger partial charge is 0.496 e. The predicted octanol–water partition coefficient (Wildman–Crippen LogP) is 3.51. The van der Waals surface area contributed by atoms with Crippen molar-refractivity contribution in [2.45, 2.75) is 44.9 Å². The zero-order valence-electron chi connectivity index (χ0n) is 22.8. The molecular weight excluding hydrogens is 532 g/mol. The maximum absolute atomic E-state index is 13.3. The molecule has 3 aromatic rings. The number of hydrogen-bond acceptors (Lipinski definition) is 8. The number of hydrogen-bond donors (Lipinski definition) is 2. The Morgan fingerprint density at radius 2 is 1.70 bits per heavy atom. The summed E-state index contributed by atoms with van der Waals surface area (Å²) in [6, 6.07) is 14.1. The van der Waals surface area contributed by atoms with Crippen molar-refractivity contribution in [3.05, 3.63) is 72.3 Å². The number of ketones is 2. The van der Waals surface area contributed by atoms with Crippen molar-refractivity contribution in [2.24, 2.45) is 11.8 Å². The van der Waals surface area contributed by atoms with Gasteiger partial charge in [-0.2, -0.15) is 0 Å². The summed E-state index contributed by atoms with van der Waals surface area (Å²) in [5, 5.41) is 19.8. The van der Waals surface area contributed by atoms with Crippen LogP contribution in [0.3, 0.4) is 0 Å². The lowest BCUT2D eigenvalue weighted by molar-refractivity contribution is -0.141. The second kappa shape index (κ2) is 15.0. The number of thioether (sulfide) groups is 1. The molecule has 0 bridgehead atoms. The molecule has 2 aromatic carbocycles. The summed E-state index contributed by atoms with van der Waals surface area (Å²) in [4.78, 5) is 50.7. The van der Waals surface area contributed by atoms with Gasteiger partial charge in [0.2, 0.25) is 5.91 Å². The monoisotopic (exact) mass is 566 g/mol. The normalized spacial score (nSPS) is 12.5. The molecule has 0 unspecified atom stereocenters. The Balaban J connectivity index is 1.65. The van der Waals surface area contributed by atoms with Gasteiger partial charge in [-0.15, -0.1) is 22.0 Å². The highest BCUT2D eigenvalue weighted by molar-refractivity contribution is 7.99. The number of benzene rings is 2. The summed E-state index contributed by atoms with van der Waals surface area (Å²) in [5.74, 6) is -2.23. The van der Waals surface area contributed by atoms with Gasteiger partial charge in [-0.1, -0.05) is 44.2 Å². The van der Waals surface area contributed by atoms with E-state index in [1.54, 1.807) is 30.5 Å². The van der Waals surface area contributed by atoms with Crippen LogP contribution >= 0.6 is 11.8 Å². The number of Topliss-reactive ketones (excluding diaryl/α,β-unsaturated/α-hetero) is 2. The van der Waals surface area contributed by atoms with Gasteiger partial charge in [0, 0.05) is 29.3 Å². The van der Waals surface area contributed by atoms with Crippen LogP contribution in [0.25, 0.3) is 5.69 Å². The molecule has 0 fully saturated rings. The second-order valence-electron chi connectivity index (χ2n) is 9.74. The highest BCUT2D eigenvalue weighted by Crippen LogP contribution is 2.23. The molecule has 0 aliphatic heterocycles. The van der Waals surface area contributed by atoms with Crippen molar-refractivity contribution in [3.63, 3.8) is 0 Å². The molecule has 0 spiro atoms. The SMILES string of the molecule is COc1ccc(-n2cnnc2)cc1CC(=O)N[C@H](C(=O)C[C@@H](CC(=O)O)C(=O)CSCc1ccccc1)C(C)C. The molecule has 2 atom stereocenters. The van der Waals surface area contributed by atoms with Crippen LogP contribution < -0.4 is 10.1 Å². The molecule has 0 aliphatic carbocycles. The number of methoxy groups -OCH3 is 1. The Morgan fingerprint density at radius 1 is 1.00 bits per heavy atom. The molecule has 0 saturated carbocycles. The third-order valence-corrected chi connectivity index (χ3v) is 7.37. The zero-order valence-corrected chi connectivity index (χ0v) is 23.6. The Hall–Kier alpha value is -3.99. The molecule has 3 rings (SSSR count). The Bertz CT molecular complexity index is 1300. The summed E-state index contributed by atoms with van der Waals surface area (Å²) >= 11 is 1.38. The van der Waals surface area contributed by atoms with Gasteiger partial charge in [-0.3, -0.25) is 23.7 Å². The molecule has 1 aromatic heterocycles. The maximum atomic E-state index is 13.3. The summed E-state index contributed by atoms with van der Waals surface area (Å²) in [5.41, 5.74) is 2.40. The van der Waals surface area contributed by atoms with E-state index >= 15 is 0 Å². The first kappa shape index (κ1) is 30.6. The van der Waals surface area contributed by atoms with Crippen molar-refractivity contribution < 1.29 is 29.0 Å². The van der Waals surface area contributed by atoms with Crippen LogP contribution in [0.5, 0.6) is 5.75 Å². The number of ether oxygens (including phenoxy) is 1. The van der Waals surface area contributed by atoms with Crippen molar-refractivity contribution in [2.75, 3.05) is 12.9 Å². The fourth-order valence-corrected chi connectivity index (χ4v) is 5.22. The summed E-state index contributed by atoms with van der Waals surface area (Å²) in [7, 11) is 1.51. The van der Waals surface area contributed by atoms with E-state index in [4.69, 9.17) is 4.74 Å². The van der Waals surface area contributed by atoms with Crippen molar-refractivity contribution in [1.29, 1.82) is 0 Å². The van der Waals surface area contributed by atoms with E-state index in [-0.39, 0.29) is 36.1 Å². The lowest BCUT2D eigenvalue weighted by Crippen LogP contribution is -2.46. The minimum Gasteiger partial charge on any atom is -0.496 e. The fraction of sp³-hybridized carbons (Fsp3) is 0.379. The van der Waals surface area contributed by atoms with Gasteiger partial charge in [0.15, 0.2) is 5.78 Å². The number of amides is 1. The van der Waals surface area contributed by atoms with Gasteiger partial charge < -0.3 is 15.2 Å². The quantitative estimate of drug-likeness (QED) is 0.266. The molecule has 40 heavy (non-hydrogen) atoms. The van der Waals surface area contributed by atoms with Gasteiger partial charge in [0.25, 0.3) is 0 Å². The predicted molar refractivity (Wildman–Crippen MR) is 151 cm³/mol. The highest BCUT2D eigenvalue weighted by atomic mass is 32.2. The van der Waals surface area contributed by atoms with Gasteiger partial charge in [-0.05, 0) is 29.7 Å². The fourth-order valence-electron chi connectivity index (χ4n) is 4.26. The van der Waals surface area contributed by atoms with E-state index < -0.39 is 30.3 Å². The Kier molecular flexibility index (Phi) is 11.4. The first-order chi connectivity index (χ1) is 19.2. The zero-order chi connectivity index (χ0) is 29.1. The highest BCUT2D eigenvalue weighted by Gasteiger charge is 2.30. The first-order valence-electron chi connectivity index (χ1n) is 12.9. The molecular formula is C29H34N4O6S. The molecule has 1 heterocycles. The molecule has 11 heteroatoms. The van der Waals surface area contributed by atoms with Crippen LogP contribution in [0, 0.1) is 11.8 Å². The number of nitrogens with zero attached hydrogens (tertiary/aromatic N) is 3. The number of carbonyl (C=O) groups excluding carboxylic acids is 3. The lowest BCUT2D eigenvalue weighted by atomic mass is 9.88. The number of aliphatic carboxylic acids is 1. The van der Waals surface area contributed by atoms with E-state index in [1.165, 1.54) is 31.5 Å². The minimum atomic E-state index is -1.15. The van der Waals surface area contributed by atoms with E-state index in [9.17, 15) is 24.3 Å².